The molecule has 166 valence electrons. The smallest absolute Gasteiger partial charge is 0.409 e. The first-order valence-corrected chi connectivity index (χ1v) is 10.6. The molecular formula is C25H25FN2O4. The van der Waals surface area contributed by atoms with Gasteiger partial charge in [0.25, 0.3) is 5.91 Å². The fourth-order valence-electron chi connectivity index (χ4n) is 4.05. The lowest BCUT2D eigenvalue weighted by atomic mass is 9.94. The molecule has 0 atom stereocenters. The highest BCUT2D eigenvalue weighted by atomic mass is 19.1. The SMILES string of the molecule is CCOC(=O)N1CCN(C(=O)c2ccc(-c3cc(F)cc(OC)c3)c3ccccc23)CC1. The Bertz CT molecular complexity index is 1160. The van der Waals surface area contributed by atoms with Crippen molar-refractivity contribution in [3.63, 3.8) is 0 Å². The van der Waals surface area contributed by atoms with Crippen LogP contribution in [0.5, 0.6) is 5.75 Å². The summed E-state index contributed by atoms with van der Waals surface area (Å²) in [6.45, 7) is 3.84. The molecule has 32 heavy (non-hydrogen) atoms. The number of hydrogen-bond acceptors (Lipinski definition) is 4. The van der Waals surface area contributed by atoms with Crippen molar-refractivity contribution in [3.8, 4) is 16.9 Å². The average molecular weight is 436 g/mol. The number of benzene rings is 3. The summed E-state index contributed by atoms with van der Waals surface area (Å²) >= 11 is 0. The van der Waals surface area contributed by atoms with Crippen LogP contribution < -0.4 is 4.74 Å². The number of carbonyl (C=O) groups excluding carboxylic acids is 2. The Labute approximate surface area is 186 Å². The standard InChI is InChI=1S/C25H25FN2O4/c1-3-32-25(30)28-12-10-27(11-13-28)24(29)23-9-8-20(21-6-4-5-7-22(21)23)17-14-18(26)16-19(15-17)31-2/h4-9,14-16H,3,10-13H2,1-2H3. The number of rotatable bonds is 4. The molecule has 3 aromatic rings. The summed E-state index contributed by atoms with van der Waals surface area (Å²) in [4.78, 5) is 28.6. The van der Waals surface area contributed by atoms with E-state index in [0.717, 1.165) is 16.3 Å². The van der Waals surface area contributed by atoms with Crippen LogP contribution in [0.2, 0.25) is 0 Å². The molecule has 1 heterocycles. The van der Waals surface area contributed by atoms with Crippen LogP contribution in [0.4, 0.5) is 9.18 Å². The first-order valence-electron chi connectivity index (χ1n) is 10.6. The number of amides is 2. The van der Waals surface area contributed by atoms with E-state index in [1.807, 2.05) is 30.3 Å². The van der Waals surface area contributed by atoms with E-state index in [4.69, 9.17) is 9.47 Å². The Hall–Kier alpha value is -3.61. The molecule has 2 amide bonds. The van der Waals surface area contributed by atoms with Crippen LogP contribution in [0.1, 0.15) is 17.3 Å². The van der Waals surface area contributed by atoms with Gasteiger partial charge in [-0.05, 0) is 47.0 Å². The summed E-state index contributed by atoms with van der Waals surface area (Å²) in [5.74, 6) is -0.0418. The van der Waals surface area contributed by atoms with Gasteiger partial charge in [0.1, 0.15) is 11.6 Å². The lowest BCUT2D eigenvalue weighted by Crippen LogP contribution is -2.50. The molecule has 1 aliphatic rings. The lowest BCUT2D eigenvalue weighted by molar-refractivity contribution is 0.0572. The Morgan fingerprint density at radius 3 is 2.31 bits per heavy atom. The molecular weight excluding hydrogens is 411 g/mol. The summed E-state index contributed by atoms with van der Waals surface area (Å²) in [5, 5.41) is 1.65. The molecule has 1 fully saturated rings. The van der Waals surface area contributed by atoms with Crippen molar-refractivity contribution in [3.05, 3.63) is 66.0 Å². The molecule has 0 N–H and O–H groups in total. The lowest BCUT2D eigenvalue weighted by Gasteiger charge is -2.34. The van der Waals surface area contributed by atoms with Crippen molar-refractivity contribution in [2.75, 3.05) is 39.9 Å². The number of ether oxygens (including phenoxy) is 2. The molecule has 0 radical (unpaired) electrons. The van der Waals surface area contributed by atoms with Gasteiger partial charge in [-0.15, -0.1) is 0 Å². The molecule has 0 aromatic heterocycles. The molecule has 1 saturated heterocycles. The summed E-state index contributed by atoms with van der Waals surface area (Å²) < 4.78 is 24.4. The minimum absolute atomic E-state index is 0.0897. The number of nitrogens with zero attached hydrogens (tertiary/aromatic N) is 2. The van der Waals surface area contributed by atoms with E-state index in [-0.39, 0.29) is 17.8 Å². The Morgan fingerprint density at radius 2 is 1.62 bits per heavy atom. The number of piperazine rings is 1. The number of fused-ring (bicyclic) bond motifs is 1. The minimum Gasteiger partial charge on any atom is -0.497 e. The largest absolute Gasteiger partial charge is 0.497 e. The first kappa shape index (κ1) is 21.6. The van der Waals surface area contributed by atoms with Gasteiger partial charge in [0.05, 0.1) is 13.7 Å². The van der Waals surface area contributed by atoms with E-state index in [0.29, 0.717) is 49.7 Å². The van der Waals surface area contributed by atoms with Crippen LogP contribution >= 0.6 is 0 Å². The molecule has 0 saturated carbocycles. The van der Waals surface area contributed by atoms with E-state index < -0.39 is 0 Å². The maximum Gasteiger partial charge on any atom is 0.409 e. The van der Waals surface area contributed by atoms with Gasteiger partial charge in [0.15, 0.2) is 0 Å². The molecule has 0 unspecified atom stereocenters. The summed E-state index contributed by atoms with van der Waals surface area (Å²) in [5.41, 5.74) is 2.08. The average Bonchev–Trinajstić information content (AvgIpc) is 2.82. The van der Waals surface area contributed by atoms with Crippen molar-refractivity contribution in [1.29, 1.82) is 0 Å². The van der Waals surface area contributed by atoms with E-state index in [1.54, 1.807) is 28.9 Å². The number of halogens is 1. The monoisotopic (exact) mass is 436 g/mol. The highest BCUT2D eigenvalue weighted by Gasteiger charge is 2.26. The zero-order valence-corrected chi connectivity index (χ0v) is 18.1. The third kappa shape index (κ3) is 4.23. The quantitative estimate of drug-likeness (QED) is 0.601. The van der Waals surface area contributed by atoms with Gasteiger partial charge in [-0.1, -0.05) is 30.3 Å². The predicted octanol–water partition coefficient (Wildman–Crippen LogP) is 4.57. The predicted molar refractivity (Wildman–Crippen MR) is 120 cm³/mol. The fraction of sp³-hybridized carbons (Fsp3) is 0.280. The number of carbonyl (C=O) groups is 2. The van der Waals surface area contributed by atoms with Gasteiger partial charge < -0.3 is 19.3 Å². The summed E-state index contributed by atoms with van der Waals surface area (Å²) in [6, 6.07) is 15.8. The number of hydrogen-bond donors (Lipinski definition) is 0. The van der Waals surface area contributed by atoms with Crippen LogP contribution in [0.3, 0.4) is 0 Å². The summed E-state index contributed by atoms with van der Waals surface area (Å²) in [6.07, 6.45) is -0.347. The molecule has 7 heteroatoms. The van der Waals surface area contributed by atoms with Crippen LogP contribution in [-0.4, -0.2) is 61.7 Å². The van der Waals surface area contributed by atoms with Crippen LogP contribution in [0, 0.1) is 5.82 Å². The van der Waals surface area contributed by atoms with Crippen LogP contribution in [-0.2, 0) is 4.74 Å². The third-order valence-corrected chi connectivity index (χ3v) is 5.67. The minimum atomic E-state index is -0.386. The molecule has 6 nitrogen and oxygen atoms in total. The second-order valence-corrected chi connectivity index (χ2v) is 7.56. The van der Waals surface area contributed by atoms with Gasteiger partial charge in [-0.3, -0.25) is 4.79 Å². The van der Waals surface area contributed by atoms with E-state index in [9.17, 15) is 14.0 Å². The van der Waals surface area contributed by atoms with Gasteiger partial charge in [0, 0.05) is 37.8 Å². The van der Waals surface area contributed by atoms with Gasteiger partial charge in [0.2, 0.25) is 0 Å². The Morgan fingerprint density at radius 1 is 0.938 bits per heavy atom. The van der Waals surface area contributed by atoms with E-state index in [2.05, 4.69) is 0 Å². The van der Waals surface area contributed by atoms with Crippen LogP contribution in [0.25, 0.3) is 21.9 Å². The fourth-order valence-corrected chi connectivity index (χ4v) is 4.05. The van der Waals surface area contributed by atoms with Gasteiger partial charge >= 0.3 is 6.09 Å². The summed E-state index contributed by atoms with van der Waals surface area (Å²) in [7, 11) is 1.50. The van der Waals surface area contributed by atoms with E-state index in [1.165, 1.54) is 19.2 Å². The highest BCUT2D eigenvalue weighted by molar-refractivity contribution is 6.11. The van der Waals surface area contributed by atoms with Crippen molar-refractivity contribution in [1.82, 2.24) is 9.80 Å². The Kier molecular flexibility index (Phi) is 6.25. The Balaban J connectivity index is 1.64. The molecule has 0 spiro atoms. The maximum atomic E-state index is 14.1. The zero-order chi connectivity index (χ0) is 22.7. The molecule has 3 aromatic carbocycles. The molecule has 1 aliphatic heterocycles. The van der Waals surface area contributed by atoms with Crippen molar-refractivity contribution >= 4 is 22.8 Å². The zero-order valence-electron chi connectivity index (χ0n) is 18.1. The molecule has 4 rings (SSSR count). The van der Waals surface area contributed by atoms with Gasteiger partial charge in [-0.25, -0.2) is 9.18 Å². The second-order valence-electron chi connectivity index (χ2n) is 7.56. The van der Waals surface area contributed by atoms with Crippen LogP contribution in [0.15, 0.2) is 54.6 Å². The third-order valence-electron chi connectivity index (χ3n) is 5.67. The molecule has 0 aliphatic carbocycles. The van der Waals surface area contributed by atoms with Crippen molar-refractivity contribution in [2.45, 2.75) is 6.92 Å². The first-order chi connectivity index (χ1) is 15.5. The van der Waals surface area contributed by atoms with Gasteiger partial charge in [-0.2, -0.15) is 0 Å². The second kappa shape index (κ2) is 9.26. The number of methoxy groups -OCH3 is 1. The highest BCUT2D eigenvalue weighted by Crippen LogP contribution is 2.33. The topological polar surface area (TPSA) is 59.1 Å². The van der Waals surface area contributed by atoms with Crippen molar-refractivity contribution < 1.29 is 23.5 Å². The normalized spacial score (nSPS) is 13.8. The maximum absolute atomic E-state index is 14.1. The van der Waals surface area contributed by atoms with Crippen molar-refractivity contribution in [2.24, 2.45) is 0 Å². The molecule has 0 bridgehead atoms. The van der Waals surface area contributed by atoms with E-state index >= 15 is 0 Å².